The van der Waals surface area contributed by atoms with E-state index in [1.165, 1.54) is 29.6 Å². The lowest BCUT2D eigenvalue weighted by Gasteiger charge is -2.47. The number of sulfonamides is 1. The van der Waals surface area contributed by atoms with Gasteiger partial charge in [0.05, 0.1) is 18.2 Å². The number of amides is 1. The fraction of sp³-hybridized carbons (Fsp3) is 0.400. The maximum atomic E-state index is 13.9. The van der Waals surface area contributed by atoms with E-state index in [4.69, 9.17) is 9.47 Å². The van der Waals surface area contributed by atoms with E-state index in [0.717, 1.165) is 11.0 Å². The average molecular weight is 491 g/mol. The van der Waals surface area contributed by atoms with Gasteiger partial charge < -0.3 is 14.4 Å². The van der Waals surface area contributed by atoms with Crippen molar-refractivity contribution in [3.63, 3.8) is 0 Å². The molecule has 1 saturated heterocycles. The minimum Gasteiger partial charge on any atom is -0.498 e. The van der Waals surface area contributed by atoms with Gasteiger partial charge in [0.25, 0.3) is 10.0 Å². The molecule has 0 aromatic heterocycles. The number of carbonyl (C=O) groups is 1. The monoisotopic (exact) mass is 490 g/mol. The number of hydrogen-bond acceptors (Lipinski definition) is 5. The molecule has 1 fully saturated rings. The second-order valence-corrected chi connectivity index (χ2v) is 9.67. The van der Waals surface area contributed by atoms with E-state index in [1.54, 1.807) is 11.0 Å². The fourth-order valence-electron chi connectivity index (χ4n) is 4.58. The van der Waals surface area contributed by atoms with Crippen LogP contribution in [0.2, 0.25) is 0 Å². The number of ether oxygens (including phenoxy) is 2. The molecule has 4 rings (SSSR count). The van der Waals surface area contributed by atoms with Crippen LogP contribution in [0, 0.1) is 5.82 Å². The van der Waals surface area contributed by atoms with Gasteiger partial charge in [-0.05, 0) is 43.5 Å². The number of benzene rings is 2. The minimum atomic E-state index is -3.89. The summed E-state index contributed by atoms with van der Waals surface area (Å²) in [6.45, 7) is 6.25. The molecule has 2 aliphatic heterocycles. The number of anilines is 1. The van der Waals surface area contributed by atoms with Crippen molar-refractivity contribution < 1.29 is 27.1 Å². The highest BCUT2D eigenvalue weighted by Crippen LogP contribution is 2.47. The van der Waals surface area contributed by atoms with Gasteiger partial charge in [-0.15, -0.1) is 0 Å². The lowest BCUT2D eigenvalue weighted by atomic mass is 9.82. The molecule has 0 radical (unpaired) electrons. The SMILES string of the molecule is CC.COC1=CS(=O)(=O)N(c2cccc(F)c2)[C@@]12CCN(C(=O)OCc1ccccc1)[C@@H](C)C2. The molecule has 0 aliphatic carbocycles. The zero-order valence-electron chi connectivity index (χ0n) is 19.9. The van der Waals surface area contributed by atoms with Crippen LogP contribution in [0.1, 0.15) is 39.2 Å². The number of carbonyl (C=O) groups excluding carboxylic acids is 1. The predicted molar refractivity (Wildman–Crippen MR) is 129 cm³/mol. The third kappa shape index (κ3) is 4.89. The van der Waals surface area contributed by atoms with E-state index in [9.17, 15) is 17.6 Å². The zero-order valence-corrected chi connectivity index (χ0v) is 20.7. The highest BCUT2D eigenvalue weighted by Gasteiger charge is 2.56. The normalized spacial score (nSPS) is 23.1. The van der Waals surface area contributed by atoms with Gasteiger partial charge in [-0.1, -0.05) is 50.2 Å². The molecule has 2 aromatic carbocycles. The van der Waals surface area contributed by atoms with Crippen LogP contribution in [-0.4, -0.2) is 44.6 Å². The van der Waals surface area contributed by atoms with Crippen LogP contribution in [0.3, 0.4) is 0 Å². The molecule has 34 heavy (non-hydrogen) atoms. The number of likely N-dealkylation sites (tertiary alicyclic amines) is 1. The summed E-state index contributed by atoms with van der Waals surface area (Å²) in [5.74, 6) is -0.250. The first kappa shape index (κ1) is 25.6. The molecule has 2 atom stereocenters. The standard InChI is InChI=1S/C23H25FN2O5S.C2H6/c1-17-14-23(11-12-25(17)22(27)31-15-18-7-4-3-5-8-18)21(30-2)16-32(28,29)26(23)20-10-6-9-19(24)13-20;1-2/h3-10,13,16-17H,11-12,14-15H2,1-2H3;1-2H3/t17-,23+;/m0./s1. The third-order valence-electron chi connectivity index (χ3n) is 5.99. The average Bonchev–Trinajstić information content (AvgIpc) is 3.04. The molecule has 1 spiro atoms. The number of halogens is 1. The molecule has 0 bridgehead atoms. The first-order valence-electron chi connectivity index (χ1n) is 11.3. The van der Waals surface area contributed by atoms with Crippen LogP contribution in [0.15, 0.2) is 65.8 Å². The molecule has 2 heterocycles. The van der Waals surface area contributed by atoms with E-state index in [2.05, 4.69) is 0 Å². The van der Waals surface area contributed by atoms with E-state index in [0.29, 0.717) is 0 Å². The smallest absolute Gasteiger partial charge is 0.410 e. The Morgan fingerprint density at radius 3 is 2.47 bits per heavy atom. The number of piperidine rings is 1. The molecule has 0 N–H and O–H groups in total. The van der Waals surface area contributed by atoms with Crippen molar-refractivity contribution in [3.8, 4) is 0 Å². The lowest BCUT2D eigenvalue weighted by Crippen LogP contribution is -2.59. The summed E-state index contributed by atoms with van der Waals surface area (Å²) < 4.78 is 52.2. The molecule has 2 aliphatic rings. The van der Waals surface area contributed by atoms with Crippen molar-refractivity contribution in [2.75, 3.05) is 18.0 Å². The van der Waals surface area contributed by atoms with E-state index in [1.807, 2.05) is 51.1 Å². The van der Waals surface area contributed by atoms with E-state index in [-0.39, 0.29) is 43.5 Å². The number of nitrogens with zero attached hydrogens (tertiary/aromatic N) is 2. The molecule has 0 unspecified atom stereocenters. The summed E-state index contributed by atoms with van der Waals surface area (Å²) in [5.41, 5.74) is 0.0585. The van der Waals surface area contributed by atoms with Crippen molar-refractivity contribution in [3.05, 3.63) is 77.1 Å². The second kappa shape index (κ2) is 10.5. The molecule has 9 heteroatoms. The summed E-state index contributed by atoms with van der Waals surface area (Å²) >= 11 is 0. The maximum Gasteiger partial charge on any atom is 0.410 e. The highest BCUT2D eigenvalue weighted by molar-refractivity contribution is 7.96. The first-order chi connectivity index (χ1) is 16.3. The Balaban J connectivity index is 0.00000158. The molecular weight excluding hydrogens is 459 g/mol. The van der Waals surface area contributed by atoms with Crippen molar-refractivity contribution in [2.45, 2.75) is 51.8 Å². The Morgan fingerprint density at radius 2 is 1.85 bits per heavy atom. The van der Waals surface area contributed by atoms with Gasteiger partial charge in [-0.3, -0.25) is 4.31 Å². The van der Waals surface area contributed by atoms with Gasteiger partial charge in [0.15, 0.2) is 0 Å². The van der Waals surface area contributed by atoms with Gasteiger partial charge in [-0.25, -0.2) is 17.6 Å². The molecule has 1 amide bonds. The van der Waals surface area contributed by atoms with Gasteiger partial charge >= 0.3 is 6.09 Å². The molecule has 0 saturated carbocycles. The predicted octanol–water partition coefficient (Wildman–Crippen LogP) is 5.05. The summed E-state index contributed by atoms with van der Waals surface area (Å²) in [7, 11) is -2.47. The number of methoxy groups -OCH3 is 1. The van der Waals surface area contributed by atoms with Crippen molar-refractivity contribution in [1.82, 2.24) is 4.90 Å². The summed E-state index contributed by atoms with van der Waals surface area (Å²) in [6, 6.07) is 14.5. The Morgan fingerprint density at radius 1 is 1.15 bits per heavy atom. The van der Waals surface area contributed by atoms with Crippen LogP contribution in [0.4, 0.5) is 14.9 Å². The fourth-order valence-corrected chi connectivity index (χ4v) is 6.43. The van der Waals surface area contributed by atoms with Crippen LogP contribution in [0.5, 0.6) is 0 Å². The molecule has 7 nitrogen and oxygen atoms in total. The zero-order chi connectivity index (χ0) is 24.9. The van der Waals surface area contributed by atoms with Crippen LogP contribution in [0.25, 0.3) is 0 Å². The highest BCUT2D eigenvalue weighted by atomic mass is 32.2. The van der Waals surface area contributed by atoms with E-state index < -0.39 is 27.5 Å². The topological polar surface area (TPSA) is 76.2 Å². The molecular formula is C25H31FN2O5S. The third-order valence-corrected chi connectivity index (χ3v) is 7.57. The van der Waals surface area contributed by atoms with Crippen molar-refractivity contribution >= 4 is 21.8 Å². The quantitative estimate of drug-likeness (QED) is 0.600. The largest absolute Gasteiger partial charge is 0.498 e. The Bertz CT molecular complexity index is 1140. The van der Waals surface area contributed by atoms with Gasteiger partial charge in [0.2, 0.25) is 0 Å². The van der Waals surface area contributed by atoms with Crippen LogP contribution >= 0.6 is 0 Å². The van der Waals surface area contributed by atoms with Gasteiger partial charge in [0.1, 0.15) is 23.7 Å². The van der Waals surface area contributed by atoms with Gasteiger partial charge in [-0.2, -0.15) is 0 Å². The summed E-state index contributed by atoms with van der Waals surface area (Å²) in [6.07, 6.45) is 0.105. The number of rotatable bonds is 4. The summed E-state index contributed by atoms with van der Waals surface area (Å²) in [5, 5.41) is 1.09. The first-order valence-corrected chi connectivity index (χ1v) is 12.8. The summed E-state index contributed by atoms with van der Waals surface area (Å²) in [4.78, 5) is 14.3. The minimum absolute atomic E-state index is 0.154. The Kier molecular flexibility index (Phi) is 7.86. The maximum absolute atomic E-state index is 13.9. The second-order valence-electron chi connectivity index (χ2n) is 8.04. The van der Waals surface area contributed by atoms with Gasteiger partial charge in [0, 0.05) is 12.6 Å². The van der Waals surface area contributed by atoms with Crippen LogP contribution in [-0.2, 0) is 26.1 Å². The Hall–Kier alpha value is -3.07. The number of hydrogen-bond donors (Lipinski definition) is 0. The van der Waals surface area contributed by atoms with Crippen molar-refractivity contribution in [1.29, 1.82) is 0 Å². The molecule has 2 aromatic rings. The van der Waals surface area contributed by atoms with Crippen LogP contribution < -0.4 is 4.31 Å². The lowest BCUT2D eigenvalue weighted by molar-refractivity contribution is 0.0538. The van der Waals surface area contributed by atoms with E-state index >= 15 is 0 Å². The molecule has 184 valence electrons. The van der Waals surface area contributed by atoms with Crippen molar-refractivity contribution in [2.24, 2.45) is 0 Å². The Labute approximate surface area is 200 Å².